The highest BCUT2D eigenvalue weighted by molar-refractivity contribution is 7.19. The van der Waals surface area contributed by atoms with Crippen molar-refractivity contribution in [1.29, 1.82) is 0 Å². The van der Waals surface area contributed by atoms with Gasteiger partial charge < -0.3 is 20.7 Å². The van der Waals surface area contributed by atoms with Crippen molar-refractivity contribution < 1.29 is 14.3 Å². The fourth-order valence-electron chi connectivity index (χ4n) is 1.43. The predicted molar refractivity (Wildman–Crippen MR) is 72.4 cm³/mol. The van der Waals surface area contributed by atoms with Crippen LogP contribution in [-0.4, -0.2) is 39.6 Å². The van der Waals surface area contributed by atoms with Gasteiger partial charge in [0.05, 0.1) is 12.8 Å². The van der Waals surface area contributed by atoms with Crippen molar-refractivity contribution in [2.75, 3.05) is 38.4 Å². The quantitative estimate of drug-likeness (QED) is 0.796. The molecule has 0 unspecified atom stereocenters. The zero-order valence-corrected chi connectivity index (χ0v) is 11.7. The molecule has 0 radical (unpaired) electrons. The predicted octanol–water partition coefficient (Wildman–Crippen LogP) is 0.933. The number of carbonyl (C=O) groups excluding carboxylic acids is 2. The second-order valence-corrected chi connectivity index (χ2v) is 4.61. The van der Waals surface area contributed by atoms with Gasteiger partial charge in [-0.25, -0.2) is 4.79 Å². The van der Waals surface area contributed by atoms with E-state index in [4.69, 9.17) is 10.5 Å². The molecular weight excluding hydrogens is 254 g/mol. The van der Waals surface area contributed by atoms with Crippen molar-refractivity contribution in [2.24, 2.45) is 0 Å². The largest absolute Gasteiger partial charge is 0.465 e. The molecular formula is C11H17N3O3S. The van der Waals surface area contributed by atoms with Crippen LogP contribution in [0.2, 0.25) is 0 Å². The van der Waals surface area contributed by atoms with Crippen LogP contribution in [0, 0.1) is 0 Å². The summed E-state index contributed by atoms with van der Waals surface area (Å²) >= 11 is 1.18. The third-order valence-electron chi connectivity index (χ3n) is 2.57. The van der Waals surface area contributed by atoms with Gasteiger partial charge in [0.2, 0.25) is 0 Å². The average molecular weight is 271 g/mol. The molecule has 0 atom stereocenters. The van der Waals surface area contributed by atoms with Gasteiger partial charge in [0.1, 0.15) is 15.4 Å². The maximum Gasteiger partial charge on any atom is 0.343 e. The van der Waals surface area contributed by atoms with Gasteiger partial charge in [-0.05, 0) is 6.92 Å². The number of ether oxygens (including phenoxy) is 1. The third-order valence-corrected chi connectivity index (χ3v) is 3.89. The van der Waals surface area contributed by atoms with Gasteiger partial charge in [-0.2, -0.15) is 0 Å². The number of hydrogen-bond donors (Lipinski definition) is 2. The Morgan fingerprint density at radius 2 is 2.11 bits per heavy atom. The minimum Gasteiger partial charge on any atom is -0.465 e. The molecule has 0 saturated carbocycles. The Morgan fingerprint density at radius 1 is 1.50 bits per heavy atom. The molecule has 7 heteroatoms. The number of nitrogens with two attached hydrogens (primary N) is 1. The van der Waals surface area contributed by atoms with Gasteiger partial charge in [0, 0.05) is 20.6 Å². The molecule has 6 nitrogen and oxygen atoms in total. The van der Waals surface area contributed by atoms with Gasteiger partial charge in [0.25, 0.3) is 5.91 Å². The lowest BCUT2D eigenvalue weighted by atomic mass is 10.2. The van der Waals surface area contributed by atoms with Crippen LogP contribution in [0.5, 0.6) is 0 Å². The first-order valence-corrected chi connectivity index (χ1v) is 6.23. The average Bonchev–Trinajstić information content (AvgIpc) is 2.73. The van der Waals surface area contributed by atoms with Crippen molar-refractivity contribution in [1.82, 2.24) is 5.32 Å². The first-order valence-electron chi connectivity index (χ1n) is 5.41. The Balaban J connectivity index is 3.40. The van der Waals surface area contributed by atoms with Crippen LogP contribution < -0.4 is 16.0 Å². The molecule has 0 saturated heterocycles. The van der Waals surface area contributed by atoms with Crippen LogP contribution >= 0.6 is 11.3 Å². The van der Waals surface area contributed by atoms with Crippen LogP contribution in [-0.2, 0) is 4.74 Å². The smallest absolute Gasteiger partial charge is 0.343 e. The van der Waals surface area contributed by atoms with Crippen molar-refractivity contribution in [3.8, 4) is 0 Å². The summed E-state index contributed by atoms with van der Waals surface area (Å²) < 4.78 is 4.71. The lowest BCUT2D eigenvalue weighted by Gasteiger charge is -2.15. The number of anilines is 2. The molecule has 0 aromatic carbocycles. The van der Waals surface area contributed by atoms with E-state index in [2.05, 4.69) is 5.32 Å². The Labute approximate surface area is 110 Å². The molecule has 1 amide bonds. The van der Waals surface area contributed by atoms with E-state index < -0.39 is 5.97 Å². The molecule has 1 heterocycles. The molecule has 0 aliphatic heterocycles. The van der Waals surface area contributed by atoms with E-state index in [1.165, 1.54) is 25.5 Å². The lowest BCUT2D eigenvalue weighted by Crippen LogP contribution is -2.18. The fraction of sp³-hybridized carbons (Fsp3) is 0.455. The number of rotatable bonds is 4. The second-order valence-electron chi connectivity index (χ2n) is 3.61. The van der Waals surface area contributed by atoms with E-state index in [0.717, 1.165) is 0 Å². The summed E-state index contributed by atoms with van der Waals surface area (Å²) in [6.07, 6.45) is 0. The van der Waals surface area contributed by atoms with Crippen LogP contribution in [0.1, 0.15) is 27.0 Å². The summed E-state index contributed by atoms with van der Waals surface area (Å²) in [4.78, 5) is 25.6. The molecule has 1 rings (SSSR count). The first kappa shape index (κ1) is 14.3. The summed E-state index contributed by atoms with van der Waals surface area (Å²) in [6.45, 7) is 2.63. The number of carbonyl (C=O) groups is 2. The van der Waals surface area contributed by atoms with Gasteiger partial charge in [-0.1, -0.05) is 0 Å². The Kier molecular flexibility index (Phi) is 4.55. The summed E-state index contributed by atoms with van der Waals surface area (Å²) in [6, 6.07) is 0. The fourth-order valence-corrected chi connectivity index (χ4v) is 2.61. The number of amides is 1. The minimum atomic E-state index is -0.533. The number of nitrogen functional groups attached to an aromatic ring is 1. The van der Waals surface area contributed by atoms with E-state index in [1.54, 1.807) is 0 Å². The number of hydrogen-bond acceptors (Lipinski definition) is 6. The molecule has 1 aromatic heterocycles. The van der Waals surface area contributed by atoms with Gasteiger partial charge in [-0.15, -0.1) is 11.3 Å². The standard InChI is InChI=1S/C11H17N3O3S/c1-5-14(3)10-6(11(16)17-4)7(12)8(18-10)9(15)13-2/h5,12H2,1-4H3,(H,13,15). The monoisotopic (exact) mass is 271 g/mol. The van der Waals surface area contributed by atoms with Crippen LogP contribution in [0.4, 0.5) is 10.7 Å². The molecule has 1 aromatic rings. The number of nitrogens with one attached hydrogen (secondary N) is 1. The summed E-state index contributed by atoms with van der Waals surface area (Å²) in [5, 5.41) is 3.14. The highest BCUT2D eigenvalue weighted by Gasteiger charge is 2.27. The number of nitrogens with zero attached hydrogens (tertiary/aromatic N) is 1. The third kappa shape index (κ3) is 2.40. The highest BCUT2D eigenvalue weighted by Crippen LogP contribution is 2.38. The van der Waals surface area contributed by atoms with E-state index >= 15 is 0 Å². The maximum absolute atomic E-state index is 11.7. The first-order chi connectivity index (χ1) is 8.47. The topological polar surface area (TPSA) is 84.7 Å². The van der Waals surface area contributed by atoms with Crippen LogP contribution in [0.3, 0.4) is 0 Å². The molecule has 0 fully saturated rings. The summed E-state index contributed by atoms with van der Waals surface area (Å²) in [7, 11) is 4.63. The summed E-state index contributed by atoms with van der Waals surface area (Å²) in [5.41, 5.74) is 6.29. The number of methoxy groups -OCH3 is 1. The molecule has 100 valence electrons. The Hall–Kier alpha value is -1.76. The van der Waals surface area contributed by atoms with Crippen molar-refractivity contribution in [3.05, 3.63) is 10.4 Å². The van der Waals surface area contributed by atoms with Crippen molar-refractivity contribution in [2.45, 2.75) is 6.92 Å². The van der Waals surface area contributed by atoms with Crippen molar-refractivity contribution in [3.63, 3.8) is 0 Å². The zero-order valence-electron chi connectivity index (χ0n) is 10.9. The Bertz CT molecular complexity index is 470. The second kappa shape index (κ2) is 5.72. The van der Waals surface area contributed by atoms with Gasteiger partial charge in [-0.3, -0.25) is 4.79 Å². The van der Waals surface area contributed by atoms with E-state index in [0.29, 0.717) is 16.4 Å². The Morgan fingerprint density at radius 3 is 2.56 bits per heavy atom. The molecule has 0 bridgehead atoms. The van der Waals surface area contributed by atoms with Crippen molar-refractivity contribution >= 4 is 33.9 Å². The molecule has 0 aliphatic rings. The van der Waals surface area contributed by atoms with Crippen LogP contribution in [0.15, 0.2) is 0 Å². The zero-order chi connectivity index (χ0) is 13.9. The molecule has 18 heavy (non-hydrogen) atoms. The maximum atomic E-state index is 11.7. The van der Waals surface area contributed by atoms with E-state index in [-0.39, 0.29) is 17.2 Å². The lowest BCUT2D eigenvalue weighted by molar-refractivity contribution is 0.0603. The highest BCUT2D eigenvalue weighted by atomic mass is 32.1. The molecule has 3 N–H and O–H groups in total. The normalized spacial score (nSPS) is 10.0. The van der Waals surface area contributed by atoms with Crippen LogP contribution in [0.25, 0.3) is 0 Å². The minimum absolute atomic E-state index is 0.168. The van der Waals surface area contributed by atoms with E-state index in [1.807, 2.05) is 18.9 Å². The SMILES string of the molecule is CCN(C)c1sc(C(=O)NC)c(N)c1C(=O)OC. The van der Waals surface area contributed by atoms with Gasteiger partial charge in [0.15, 0.2) is 0 Å². The number of esters is 1. The molecule has 0 aliphatic carbocycles. The van der Waals surface area contributed by atoms with E-state index in [9.17, 15) is 9.59 Å². The van der Waals surface area contributed by atoms with Gasteiger partial charge >= 0.3 is 5.97 Å². The molecule has 0 spiro atoms. The number of thiophene rings is 1. The summed E-state index contributed by atoms with van der Waals surface area (Å²) in [5.74, 6) is -0.840.